The predicted molar refractivity (Wildman–Crippen MR) is 127 cm³/mol. The normalized spacial score (nSPS) is 17.7. The van der Waals surface area contributed by atoms with Crippen molar-refractivity contribution in [2.45, 2.75) is 33.2 Å². The minimum atomic E-state index is 0. The molecule has 7 heteroatoms. The highest BCUT2D eigenvalue weighted by Gasteiger charge is 2.15. The molecule has 0 bridgehead atoms. The summed E-state index contributed by atoms with van der Waals surface area (Å²) in [7, 11) is 3.49. The van der Waals surface area contributed by atoms with Crippen molar-refractivity contribution < 1.29 is 9.47 Å². The third kappa shape index (κ3) is 8.96. The number of methoxy groups -OCH3 is 1. The predicted octanol–water partition coefficient (Wildman–Crippen LogP) is 3.04. The molecule has 2 N–H and O–H groups in total. The first-order valence-electron chi connectivity index (χ1n) is 10.0. The molecule has 0 aromatic heterocycles. The average Bonchev–Trinajstić information content (AvgIpc) is 2.66. The first-order chi connectivity index (χ1) is 13.1. The summed E-state index contributed by atoms with van der Waals surface area (Å²) < 4.78 is 10.9. The molecular weight excluding hydrogens is 467 g/mol. The molecule has 160 valence electrons. The lowest BCUT2D eigenvalue weighted by molar-refractivity contribution is 0.145. The van der Waals surface area contributed by atoms with Crippen molar-refractivity contribution in [3.63, 3.8) is 0 Å². The van der Waals surface area contributed by atoms with Gasteiger partial charge >= 0.3 is 0 Å². The van der Waals surface area contributed by atoms with Crippen molar-refractivity contribution in [3.8, 4) is 5.75 Å². The molecule has 1 saturated heterocycles. The number of ether oxygens (including phenoxy) is 2. The summed E-state index contributed by atoms with van der Waals surface area (Å²) in [6, 6.07) is 6.28. The highest BCUT2D eigenvalue weighted by atomic mass is 127. The monoisotopic (exact) mass is 504 g/mol. The van der Waals surface area contributed by atoms with Crippen molar-refractivity contribution in [1.82, 2.24) is 15.5 Å². The lowest BCUT2D eigenvalue weighted by Crippen LogP contribution is -2.43. The van der Waals surface area contributed by atoms with Crippen molar-refractivity contribution in [2.75, 3.05) is 53.6 Å². The molecule has 0 amide bonds. The zero-order valence-corrected chi connectivity index (χ0v) is 20.1. The van der Waals surface area contributed by atoms with E-state index in [0.717, 1.165) is 36.3 Å². The van der Waals surface area contributed by atoms with Gasteiger partial charge in [-0.25, -0.2) is 0 Å². The zero-order chi connectivity index (χ0) is 19.5. The van der Waals surface area contributed by atoms with Gasteiger partial charge in [0.25, 0.3) is 0 Å². The second-order valence-electron chi connectivity index (χ2n) is 7.35. The maximum atomic E-state index is 5.86. The van der Waals surface area contributed by atoms with Crippen LogP contribution in [0.4, 0.5) is 0 Å². The standard InChI is InChI=1S/C21H36N4O2.HI/c1-17-7-8-19(20(14-17)27-13-12-26-4)15-24-21(22-3)23-9-11-25-10-5-6-18(2)16-25;/h7-8,14,18H,5-6,9-13,15-16H2,1-4H3,(H2,22,23,24);1H. The minimum absolute atomic E-state index is 0. The van der Waals surface area contributed by atoms with Gasteiger partial charge < -0.3 is 25.0 Å². The van der Waals surface area contributed by atoms with Gasteiger partial charge in [-0.05, 0) is 43.9 Å². The van der Waals surface area contributed by atoms with Crippen LogP contribution >= 0.6 is 24.0 Å². The minimum Gasteiger partial charge on any atom is -0.491 e. The number of halogens is 1. The van der Waals surface area contributed by atoms with Gasteiger partial charge in [-0.15, -0.1) is 24.0 Å². The second-order valence-corrected chi connectivity index (χ2v) is 7.35. The van der Waals surface area contributed by atoms with Gasteiger partial charge in [0.1, 0.15) is 12.4 Å². The van der Waals surface area contributed by atoms with Crippen molar-refractivity contribution in [3.05, 3.63) is 29.3 Å². The Morgan fingerprint density at radius 2 is 2.11 bits per heavy atom. The van der Waals surface area contributed by atoms with Gasteiger partial charge in [-0.2, -0.15) is 0 Å². The van der Waals surface area contributed by atoms with E-state index in [1.54, 1.807) is 7.11 Å². The largest absolute Gasteiger partial charge is 0.491 e. The van der Waals surface area contributed by atoms with Gasteiger partial charge in [0.15, 0.2) is 5.96 Å². The smallest absolute Gasteiger partial charge is 0.191 e. The maximum absolute atomic E-state index is 5.86. The third-order valence-corrected chi connectivity index (χ3v) is 4.90. The Morgan fingerprint density at radius 1 is 1.29 bits per heavy atom. The lowest BCUT2D eigenvalue weighted by Gasteiger charge is -2.30. The summed E-state index contributed by atoms with van der Waals surface area (Å²) in [5.74, 6) is 2.54. The Kier molecular flexibility index (Phi) is 12.5. The summed E-state index contributed by atoms with van der Waals surface area (Å²) in [6.45, 7) is 10.6. The maximum Gasteiger partial charge on any atom is 0.191 e. The number of likely N-dealkylation sites (tertiary alicyclic amines) is 1. The topological polar surface area (TPSA) is 58.1 Å². The summed E-state index contributed by atoms with van der Waals surface area (Å²) in [5.41, 5.74) is 2.30. The molecule has 1 aliphatic heterocycles. The van der Waals surface area contributed by atoms with Gasteiger partial charge in [0.05, 0.1) is 6.61 Å². The van der Waals surface area contributed by atoms with E-state index in [9.17, 15) is 0 Å². The number of nitrogens with zero attached hydrogens (tertiary/aromatic N) is 2. The number of guanidine groups is 1. The molecule has 0 spiro atoms. The summed E-state index contributed by atoms with van der Waals surface area (Å²) in [6.07, 6.45) is 2.67. The first-order valence-corrected chi connectivity index (χ1v) is 10.0. The van der Waals surface area contributed by atoms with Gasteiger partial charge in [0.2, 0.25) is 0 Å². The van der Waals surface area contributed by atoms with E-state index in [1.165, 1.54) is 31.5 Å². The Morgan fingerprint density at radius 3 is 2.82 bits per heavy atom. The number of aliphatic imine (C=N–C) groups is 1. The number of hydrogen-bond donors (Lipinski definition) is 2. The van der Waals surface area contributed by atoms with Crippen LogP contribution in [0.15, 0.2) is 23.2 Å². The highest BCUT2D eigenvalue weighted by Crippen LogP contribution is 2.20. The van der Waals surface area contributed by atoms with Crippen LogP contribution in [0, 0.1) is 12.8 Å². The van der Waals surface area contributed by atoms with Crippen LogP contribution in [0.3, 0.4) is 0 Å². The number of hydrogen-bond acceptors (Lipinski definition) is 4. The molecule has 1 heterocycles. The summed E-state index contributed by atoms with van der Waals surface area (Å²) >= 11 is 0. The second kappa shape index (κ2) is 14.0. The molecule has 2 rings (SSSR count). The van der Waals surface area contributed by atoms with E-state index in [1.807, 2.05) is 7.05 Å². The lowest BCUT2D eigenvalue weighted by atomic mass is 10.0. The van der Waals surface area contributed by atoms with E-state index in [0.29, 0.717) is 19.8 Å². The molecule has 1 aliphatic rings. The number of nitrogens with one attached hydrogen (secondary N) is 2. The molecule has 6 nitrogen and oxygen atoms in total. The number of piperidine rings is 1. The quantitative estimate of drug-likeness (QED) is 0.235. The molecule has 1 unspecified atom stereocenters. The van der Waals surface area contributed by atoms with E-state index < -0.39 is 0 Å². The van der Waals surface area contributed by atoms with Crippen molar-refractivity contribution in [2.24, 2.45) is 10.9 Å². The van der Waals surface area contributed by atoms with E-state index >= 15 is 0 Å². The number of benzene rings is 1. The summed E-state index contributed by atoms with van der Waals surface area (Å²) in [5, 5.41) is 6.81. The Labute approximate surface area is 187 Å². The van der Waals surface area contributed by atoms with Gasteiger partial charge in [-0.3, -0.25) is 4.99 Å². The van der Waals surface area contributed by atoms with Crippen molar-refractivity contribution in [1.29, 1.82) is 0 Å². The molecule has 28 heavy (non-hydrogen) atoms. The van der Waals surface area contributed by atoms with Crippen molar-refractivity contribution >= 4 is 29.9 Å². The Balaban J connectivity index is 0.00000392. The molecule has 0 radical (unpaired) electrons. The molecule has 1 aromatic carbocycles. The molecule has 0 saturated carbocycles. The number of aryl methyl sites for hydroxylation is 1. The molecular formula is C21H37IN4O2. The zero-order valence-electron chi connectivity index (χ0n) is 17.8. The van der Waals surface area contributed by atoms with E-state index in [2.05, 4.69) is 52.6 Å². The highest BCUT2D eigenvalue weighted by molar-refractivity contribution is 14.0. The molecule has 1 fully saturated rings. The fourth-order valence-electron chi connectivity index (χ4n) is 3.40. The number of rotatable bonds is 9. The average molecular weight is 504 g/mol. The molecule has 1 aromatic rings. The van der Waals surface area contributed by atoms with E-state index in [4.69, 9.17) is 9.47 Å². The fraction of sp³-hybridized carbons (Fsp3) is 0.667. The third-order valence-electron chi connectivity index (χ3n) is 4.90. The van der Waals surface area contributed by atoms with Gasteiger partial charge in [-0.1, -0.05) is 19.1 Å². The van der Waals surface area contributed by atoms with Crippen LogP contribution in [0.1, 0.15) is 30.9 Å². The molecule has 1 atom stereocenters. The SMILES string of the molecule is CN=C(NCCN1CCCC(C)C1)NCc1ccc(C)cc1OCCOC.I. The van der Waals surface area contributed by atoms with Crippen LogP contribution in [0.5, 0.6) is 5.75 Å². The van der Waals surface area contributed by atoms with E-state index in [-0.39, 0.29) is 24.0 Å². The van der Waals surface area contributed by atoms with Crippen LogP contribution in [0.2, 0.25) is 0 Å². The molecule has 0 aliphatic carbocycles. The van der Waals surface area contributed by atoms with Crippen LogP contribution in [0.25, 0.3) is 0 Å². The fourth-order valence-corrected chi connectivity index (χ4v) is 3.40. The Bertz CT molecular complexity index is 598. The van der Waals surface area contributed by atoms with Crippen LogP contribution < -0.4 is 15.4 Å². The summed E-state index contributed by atoms with van der Waals surface area (Å²) in [4.78, 5) is 6.88. The Hall–Kier alpha value is -1.06. The van der Waals surface area contributed by atoms with Crippen LogP contribution in [-0.2, 0) is 11.3 Å². The van der Waals surface area contributed by atoms with Crippen LogP contribution in [-0.4, -0.2) is 64.4 Å². The van der Waals surface area contributed by atoms with Gasteiger partial charge in [0, 0.05) is 45.9 Å². The first kappa shape index (κ1) is 25.0.